The number of carbonyl (C=O) groups excluding carboxylic acids is 1. The molecule has 1 aromatic rings. The fourth-order valence-electron chi connectivity index (χ4n) is 1.74. The van der Waals surface area contributed by atoms with Crippen LogP contribution in [0, 0.1) is 0 Å². The quantitative estimate of drug-likeness (QED) is 0.586. The van der Waals surface area contributed by atoms with Gasteiger partial charge in [0.1, 0.15) is 5.56 Å². The van der Waals surface area contributed by atoms with Gasteiger partial charge in [-0.3, -0.25) is 4.98 Å². The van der Waals surface area contributed by atoms with Crippen molar-refractivity contribution < 1.29 is 14.3 Å². The molecule has 112 valence electrons. The van der Waals surface area contributed by atoms with Crippen molar-refractivity contribution in [3.05, 3.63) is 23.5 Å². The summed E-state index contributed by atoms with van der Waals surface area (Å²) in [7, 11) is 1.67. The van der Waals surface area contributed by atoms with E-state index < -0.39 is 0 Å². The second kappa shape index (κ2) is 8.53. The topological polar surface area (TPSA) is 60.5 Å². The third-order valence-electron chi connectivity index (χ3n) is 2.85. The summed E-state index contributed by atoms with van der Waals surface area (Å²) in [6.07, 6.45) is 2.46. The van der Waals surface area contributed by atoms with E-state index in [2.05, 4.69) is 24.1 Å². The lowest BCUT2D eigenvalue weighted by Crippen LogP contribution is -2.13. The number of anilines is 1. The van der Waals surface area contributed by atoms with Gasteiger partial charge in [-0.05, 0) is 25.3 Å². The summed E-state index contributed by atoms with van der Waals surface area (Å²) in [5, 5.41) is 3.26. The number of rotatable bonds is 8. The van der Waals surface area contributed by atoms with Crippen LogP contribution in [-0.2, 0) is 9.47 Å². The standard InChI is InChI=1S/C15H24N2O3/c1-5-20-15(18)12-10-17-13(11(2)3)9-14(12)16-7-6-8-19-4/h9-11H,5-8H2,1-4H3,(H,16,17). The zero-order valence-corrected chi connectivity index (χ0v) is 12.7. The van der Waals surface area contributed by atoms with E-state index in [9.17, 15) is 4.79 Å². The molecule has 0 aliphatic carbocycles. The van der Waals surface area contributed by atoms with E-state index in [0.29, 0.717) is 24.7 Å². The molecule has 0 spiro atoms. The van der Waals surface area contributed by atoms with Gasteiger partial charge in [0.15, 0.2) is 0 Å². The predicted octanol–water partition coefficient (Wildman–Crippen LogP) is 2.83. The molecular weight excluding hydrogens is 256 g/mol. The van der Waals surface area contributed by atoms with Crippen molar-refractivity contribution >= 4 is 11.7 Å². The van der Waals surface area contributed by atoms with E-state index in [0.717, 1.165) is 24.3 Å². The van der Waals surface area contributed by atoms with Crippen molar-refractivity contribution in [1.29, 1.82) is 0 Å². The molecular formula is C15H24N2O3. The summed E-state index contributed by atoms with van der Waals surface area (Å²) >= 11 is 0. The monoisotopic (exact) mass is 280 g/mol. The molecule has 0 amide bonds. The zero-order valence-electron chi connectivity index (χ0n) is 12.7. The molecule has 5 nitrogen and oxygen atoms in total. The molecule has 0 saturated carbocycles. The second-order valence-corrected chi connectivity index (χ2v) is 4.80. The summed E-state index contributed by atoms with van der Waals surface area (Å²) in [6, 6.07) is 1.92. The first-order valence-electron chi connectivity index (χ1n) is 7.00. The molecule has 1 heterocycles. The number of aromatic nitrogens is 1. The van der Waals surface area contributed by atoms with Gasteiger partial charge < -0.3 is 14.8 Å². The number of hydrogen-bond acceptors (Lipinski definition) is 5. The summed E-state index contributed by atoms with van der Waals surface area (Å²) in [5.41, 5.74) is 2.21. The van der Waals surface area contributed by atoms with E-state index in [4.69, 9.17) is 9.47 Å². The Kier molecular flexibility index (Phi) is 7.01. The Morgan fingerprint density at radius 3 is 2.80 bits per heavy atom. The summed E-state index contributed by atoms with van der Waals surface area (Å²) in [6.45, 7) is 7.71. The van der Waals surface area contributed by atoms with Crippen LogP contribution in [0.5, 0.6) is 0 Å². The number of methoxy groups -OCH3 is 1. The van der Waals surface area contributed by atoms with E-state index in [-0.39, 0.29) is 5.97 Å². The summed E-state index contributed by atoms with van der Waals surface area (Å²) < 4.78 is 10.1. The highest BCUT2D eigenvalue weighted by Gasteiger charge is 2.15. The van der Waals surface area contributed by atoms with Crippen LogP contribution in [-0.4, -0.2) is 37.8 Å². The Morgan fingerprint density at radius 1 is 1.45 bits per heavy atom. The van der Waals surface area contributed by atoms with Gasteiger partial charge in [0.05, 0.1) is 12.3 Å². The first-order chi connectivity index (χ1) is 9.60. The summed E-state index contributed by atoms with van der Waals surface area (Å²) in [5.74, 6) is -0.0321. The number of esters is 1. The number of pyridine rings is 1. The van der Waals surface area contributed by atoms with Crippen LogP contribution in [0.4, 0.5) is 5.69 Å². The number of ether oxygens (including phenoxy) is 2. The molecule has 0 atom stereocenters. The van der Waals surface area contributed by atoms with Crippen molar-refractivity contribution in [2.24, 2.45) is 0 Å². The molecule has 0 saturated heterocycles. The van der Waals surface area contributed by atoms with E-state index in [1.54, 1.807) is 20.2 Å². The van der Waals surface area contributed by atoms with E-state index in [1.165, 1.54) is 0 Å². The van der Waals surface area contributed by atoms with Crippen LogP contribution in [0.15, 0.2) is 12.3 Å². The number of nitrogens with zero attached hydrogens (tertiary/aromatic N) is 1. The molecule has 1 N–H and O–H groups in total. The fourth-order valence-corrected chi connectivity index (χ4v) is 1.74. The minimum Gasteiger partial charge on any atom is -0.462 e. The smallest absolute Gasteiger partial charge is 0.341 e. The summed E-state index contributed by atoms with van der Waals surface area (Å²) in [4.78, 5) is 16.2. The zero-order chi connectivity index (χ0) is 15.0. The Morgan fingerprint density at radius 2 is 2.20 bits per heavy atom. The number of hydrogen-bond donors (Lipinski definition) is 1. The molecule has 5 heteroatoms. The molecule has 1 rings (SSSR count). The van der Waals surface area contributed by atoms with Gasteiger partial charge >= 0.3 is 5.97 Å². The normalized spacial score (nSPS) is 10.7. The first kappa shape index (κ1) is 16.4. The Bertz CT molecular complexity index is 433. The Labute approximate surface area is 120 Å². The van der Waals surface area contributed by atoms with Crippen molar-refractivity contribution in [1.82, 2.24) is 4.98 Å². The third-order valence-corrected chi connectivity index (χ3v) is 2.85. The lowest BCUT2D eigenvalue weighted by atomic mass is 10.1. The third kappa shape index (κ3) is 4.81. The van der Waals surface area contributed by atoms with Crippen molar-refractivity contribution in [3.63, 3.8) is 0 Å². The van der Waals surface area contributed by atoms with Gasteiger partial charge in [0.25, 0.3) is 0 Å². The van der Waals surface area contributed by atoms with Crippen LogP contribution < -0.4 is 5.32 Å². The maximum atomic E-state index is 11.9. The van der Waals surface area contributed by atoms with Gasteiger partial charge in [-0.15, -0.1) is 0 Å². The molecule has 1 aromatic heterocycles. The van der Waals surface area contributed by atoms with Crippen LogP contribution in [0.1, 0.15) is 49.2 Å². The highest BCUT2D eigenvalue weighted by atomic mass is 16.5. The van der Waals surface area contributed by atoms with Crippen LogP contribution >= 0.6 is 0 Å². The molecule has 0 bridgehead atoms. The van der Waals surface area contributed by atoms with E-state index in [1.807, 2.05) is 6.07 Å². The molecule has 0 radical (unpaired) electrons. The largest absolute Gasteiger partial charge is 0.462 e. The predicted molar refractivity (Wildman–Crippen MR) is 79.3 cm³/mol. The average Bonchev–Trinajstić information content (AvgIpc) is 2.43. The van der Waals surface area contributed by atoms with Gasteiger partial charge in [0, 0.05) is 32.2 Å². The average molecular weight is 280 g/mol. The number of carbonyl (C=O) groups is 1. The lowest BCUT2D eigenvalue weighted by molar-refractivity contribution is 0.0527. The van der Waals surface area contributed by atoms with Crippen molar-refractivity contribution in [2.75, 3.05) is 32.2 Å². The highest BCUT2D eigenvalue weighted by molar-refractivity contribution is 5.95. The van der Waals surface area contributed by atoms with Gasteiger partial charge in [-0.1, -0.05) is 13.8 Å². The van der Waals surface area contributed by atoms with Crippen molar-refractivity contribution in [3.8, 4) is 0 Å². The van der Waals surface area contributed by atoms with Crippen LogP contribution in [0.2, 0.25) is 0 Å². The molecule has 0 unspecified atom stereocenters. The molecule has 0 aromatic carbocycles. The lowest BCUT2D eigenvalue weighted by Gasteiger charge is -2.14. The molecule has 20 heavy (non-hydrogen) atoms. The SMILES string of the molecule is CCOC(=O)c1cnc(C(C)C)cc1NCCCOC. The fraction of sp³-hybridized carbons (Fsp3) is 0.600. The molecule has 0 aliphatic heterocycles. The maximum Gasteiger partial charge on any atom is 0.341 e. The molecule has 0 aliphatic rings. The van der Waals surface area contributed by atoms with Gasteiger partial charge in [0.2, 0.25) is 0 Å². The first-order valence-corrected chi connectivity index (χ1v) is 7.00. The van der Waals surface area contributed by atoms with Crippen molar-refractivity contribution in [2.45, 2.75) is 33.1 Å². The van der Waals surface area contributed by atoms with Gasteiger partial charge in [-0.25, -0.2) is 4.79 Å². The minimum absolute atomic E-state index is 0.311. The van der Waals surface area contributed by atoms with E-state index >= 15 is 0 Å². The second-order valence-electron chi connectivity index (χ2n) is 4.80. The highest BCUT2D eigenvalue weighted by Crippen LogP contribution is 2.21. The van der Waals surface area contributed by atoms with Crippen LogP contribution in [0.3, 0.4) is 0 Å². The molecule has 0 fully saturated rings. The van der Waals surface area contributed by atoms with Gasteiger partial charge in [-0.2, -0.15) is 0 Å². The minimum atomic E-state index is -0.343. The Balaban J connectivity index is 2.88. The maximum absolute atomic E-state index is 11.9. The number of nitrogens with one attached hydrogen (secondary N) is 1. The van der Waals surface area contributed by atoms with Crippen LogP contribution in [0.25, 0.3) is 0 Å². The Hall–Kier alpha value is -1.62.